The first-order valence-corrected chi connectivity index (χ1v) is 8.42. The number of benzene rings is 2. The molecule has 0 bridgehead atoms. The highest BCUT2D eigenvalue weighted by molar-refractivity contribution is 7.80. The predicted molar refractivity (Wildman–Crippen MR) is 81.3 cm³/mol. The molecule has 0 spiro atoms. The van der Waals surface area contributed by atoms with E-state index in [9.17, 15) is 0 Å². The Morgan fingerprint density at radius 2 is 0.783 bits per heavy atom. The van der Waals surface area contributed by atoms with Gasteiger partial charge in [-0.05, 0) is 24.3 Å². The average Bonchev–Trinajstić information content (AvgIpc) is 2.37. The summed E-state index contributed by atoms with van der Waals surface area (Å²) in [6.45, 7) is 0. The first-order chi connectivity index (χ1) is 10.4. The maximum absolute atomic E-state index is 8.74. The van der Waals surface area contributed by atoms with Gasteiger partial charge in [-0.3, -0.25) is 18.2 Å². The second-order valence-electron chi connectivity index (χ2n) is 3.62. The van der Waals surface area contributed by atoms with Crippen LogP contribution in [0, 0.1) is 0 Å². The van der Waals surface area contributed by atoms with Crippen LogP contribution in [0.2, 0.25) is 0 Å². The molecule has 0 aliphatic heterocycles. The van der Waals surface area contributed by atoms with Crippen molar-refractivity contribution < 1.29 is 39.8 Å². The van der Waals surface area contributed by atoms with Crippen LogP contribution < -0.4 is 4.74 Å². The van der Waals surface area contributed by atoms with Gasteiger partial charge in [0, 0.05) is 0 Å². The van der Waals surface area contributed by atoms with Gasteiger partial charge in [0.1, 0.15) is 11.5 Å². The van der Waals surface area contributed by atoms with Crippen molar-refractivity contribution in [2.45, 2.75) is 0 Å². The molecule has 0 saturated carbocycles. The van der Waals surface area contributed by atoms with Crippen molar-refractivity contribution >= 4 is 20.8 Å². The van der Waals surface area contributed by atoms with Crippen LogP contribution in [0.1, 0.15) is 0 Å². The standard InChI is InChI=1S/C12H10O.2H2O4S/c1-3-7-11(8-4-1)13-12-9-5-2-6-10-12;2*1-5(2,3)4/h1-10H;2*(H2,1,2,3,4). The van der Waals surface area contributed by atoms with Gasteiger partial charge in [-0.1, -0.05) is 36.4 Å². The van der Waals surface area contributed by atoms with Crippen molar-refractivity contribution in [2.75, 3.05) is 0 Å². The van der Waals surface area contributed by atoms with Gasteiger partial charge in [-0.25, -0.2) is 0 Å². The third-order valence-corrected chi connectivity index (χ3v) is 1.72. The van der Waals surface area contributed by atoms with Crippen molar-refractivity contribution in [3.8, 4) is 11.5 Å². The molecule has 2 aromatic carbocycles. The summed E-state index contributed by atoms with van der Waals surface area (Å²) in [7, 11) is -9.33. The minimum Gasteiger partial charge on any atom is -0.457 e. The minimum absolute atomic E-state index is 0.869. The molecule has 0 unspecified atom stereocenters. The van der Waals surface area contributed by atoms with E-state index < -0.39 is 20.8 Å². The molecule has 0 aliphatic rings. The lowest BCUT2D eigenvalue weighted by atomic mass is 10.3. The van der Waals surface area contributed by atoms with Gasteiger partial charge in [0.15, 0.2) is 0 Å². The van der Waals surface area contributed by atoms with E-state index in [0.29, 0.717) is 0 Å². The molecule has 0 atom stereocenters. The number of hydrogen-bond donors (Lipinski definition) is 4. The monoisotopic (exact) mass is 366 g/mol. The van der Waals surface area contributed by atoms with E-state index >= 15 is 0 Å². The second kappa shape index (κ2) is 9.89. The van der Waals surface area contributed by atoms with E-state index in [0.717, 1.165) is 11.5 Å². The van der Waals surface area contributed by atoms with E-state index in [-0.39, 0.29) is 0 Å². The van der Waals surface area contributed by atoms with Crippen LogP contribution in [0.25, 0.3) is 0 Å². The van der Waals surface area contributed by atoms with Gasteiger partial charge in [0.05, 0.1) is 0 Å². The van der Waals surface area contributed by atoms with Crippen LogP contribution in [0.3, 0.4) is 0 Å². The summed E-state index contributed by atoms with van der Waals surface area (Å²) in [5.74, 6) is 1.74. The van der Waals surface area contributed by atoms with Gasteiger partial charge < -0.3 is 4.74 Å². The number of hydrogen-bond acceptors (Lipinski definition) is 5. The number of rotatable bonds is 2. The lowest BCUT2D eigenvalue weighted by Crippen LogP contribution is -1.89. The molecule has 4 N–H and O–H groups in total. The molecule has 0 aliphatic carbocycles. The van der Waals surface area contributed by atoms with Gasteiger partial charge in [-0.2, -0.15) is 16.8 Å². The predicted octanol–water partition coefficient (Wildman–Crippen LogP) is 2.17. The summed E-state index contributed by atoms with van der Waals surface area (Å²) in [4.78, 5) is 0. The molecule has 0 heterocycles. The quantitative estimate of drug-likeness (QED) is 0.584. The highest BCUT2D eigenvalue weighted by Crippen LogP contribution is 2.19. The number of ether oxygens (including phenoxy) is 1. The van der Waals surface area contributed by atoms with E-state index in [1.807, 2.05) is 60.7 Å². The number of para-hydroxylation sites is 2. The SMILES string of the molecule is O=S(=O)(O)O.O=S(=O)(O)O.c1ccc(Oc2ccccc2)cc1. The molecule has 0 aromatic heterocycles. The Balaban J connectivity index is 0.000000406. The molecule has 2 aromatic rings. The summed E-state index contributed by atoms with van der Waals surface area (Å²) < 4.78 is 68.7. The van der Waals surface area contributed by atoms with Crippen molar-refractivity contribution in [1.29, 1.82) is 0 Å². The van der Waals surface area contributed by atoms with Crippen molar-refractivity contribution in [2.24, 2.45) is 0 Å². The summed E-state index contributed by atoms with van der Waals surface area (Å²) in [6, 6.07) is 19.5. The minimum atomic E-state index is -4.67. The van der Waals surface area contributed by atoms with Crippen molar-refractivity contribution in [3.63, 3.8) is 0 Å². The Labute approximate surface area is 133 Å². The Morgan fingerprint density at radius 1 is 0.565 bits per heavy atom. The van der Waals surface area contributed by atoms with Crippen LogP contribution in [-0.4, -0.2) is 35.0 Å². The fourth-order valence-electron chi connectivity index (χ4n) is 1.11. The molecule has 0 saturated heterocycles. The maximum atomic E-state index is 8.74. The molecule has 9 nitrogen and oxygen atoms in total. The molecule has 11 heteroatoms. The van der Waals surface area contributed by atoms with E-state index in [1.165, 1.54) is 0 Å². The zero-order valence-corrected chi connectivity index (χ0v) is 13.1. The normalized spacial score (nSPS) is 10.4. The van der Waals surface area contributed by atoms with Crippen LogP contribution in [0.15, 0.2) is 60.7 Å². The molecule has 128 valence electrons. The van der Waals surface area contributed by atoms with E-state index in [2.05, 4.69) is 0 Å². The molecule has 0 fully saturated rings. The van der Waals surface area contributed by atoms with Crippen LogP contribution in [-0.2, 0) is 20.8 Å². The van der Waals surface area contributed by atoms with Crippen molar-refractivity contribution in [3.05, 3.63) is 60.7 Å². The Kier molecular flexibility index (Phi) is 9.02. The van der Waals surface area contributed by atoms with Crippen LogP contribution in [0.5, 0.6) is 11.5 Å². The van der Waals surface area contributed by atoms with Gasteiger partial charge in [-0.15, -0.1) is 0 Å². The smallest absolute Gasteiger partial charge is 0.394 e. The van der Waals surface area contributed by atoms with Crippen molar-refractivity contribution in [1.82, 2.24) is 0 Å². The van der Waals surface area contributed by atoms with Crippen LogP contribution in [0.4, 0.5) is 0 Å². The Morgan fingerprint density at radius 3 is 1.00 bits per heavy atom. The lowest BCUT2D eigenvalue weighted by Gasteiger charge is -2.03. The second-order valence-corrected chi connectivity index (χ2v) is 5.42. The maximum Gasteiger partial charge on any atom is 0.394 e. The zero-order chi connectivity index (χ0) is 17.9. The van der Waals surface area contributed by atoms with E-state index in [4.69, 9.17) is 39.8 Å². The zero-order valence-electron chi connectivity index (χ0n) is 11.4. The molecular weight excluding hydrogens is 352 g/mol. The van der Waals surface area contributed by atoms with Crippen LogP contribution >= 0.6 is 0 Å². The topological polar surface area (TPSA) is 158 Å². The molecule has 0 amide bonds. The summed E-state index contributed by atoms with van der Waals surface area (Å²) in [6.07, 6.45) is 0. The summed E-state index contributed by atoms with van der Waals surface area (Å²) in [5.41, 5.74) is 0. The Hall–Kier alpha value is -2.02. The average molecular weight is 366 g/mol. The third-order valence-electron chi connectivity index (χ3n) is 1.72. The molecule has 2 rings (SSSR count). The fourth-order valence-corrected chi connectivity index (χ4v) is 1.11. The fraction of sp³-hybridized carbons (Fsp3) is 0. The highest BCUT2D eigenvalue weighted by Gasteiger charge is 1.92. The van der Waals surface area contributed by atoms with Gasteiger partial charge in [0.25, 0.3) is 0 Å². The molecule has 23 heavy (non-hydrogen) atoms. The highest BCUT2D eigenvalue weighted by atomic mass is 32.3. The molecule has 0 radical (unpaired) electrons. The summed E-state index contributed by atoms with van der Waals surface area (Å²) in [5, 5.41) is 0. The first-order valence-electron chi connectivity index (χ1n) is 5.63. The lowest BCUT2D eigenvalue weighted by molar-refractivity contribution is 0.378. The third kappa shape index (κ3) is 20.0. The largest absolute Gasteiger partial charge is 0.457 e. The van der Waals surface area contributed by atoms with E-state index in [1.54, 1.807) is 0 Å². The van der Waals surface area contributed by atoms with Gasteiger partial charge >= 0.3 is 20.8 Å². The summed E-state index contributed by atoms with van der Waals surface area (Å²) >= 11 is 0. The van der Waals surface area contributed by atoms with Gasteiger partial charge in [0.2, 0.25) is 0 Å². The first kappa shape index (κ1) is 21.0. The molecular formula is C12H14O9S2. The Bertz CT molecular complexity index is 673.